The summed E-state index contributed by atoms with van der Waals surface area (Å²) in [7, 11) is 0. The number of rotatable bonds is 5. The lowest BCUT2D eigenvalue weighted by Crippen LogP contribution is -2.41. The predicted molar refractivity (Wildman–Crippen MR) is 112 cm³/mol. The summed E-state index contributed by atoms with van der Waals surface area (Å²) in [6.07, 6.45) is 4.18. The maximum absolute atomic E-state index is 11.7. The van der Waals surface area contributed by atoms with E-state index in [2.05, 4.69) is 48.6 Å². The van der Waals surface area contributed by atoms with Gasteiger partial charge in [0.2, 0.25) is 5.91 Å². The van der Waals surface area contributed by atoms with Crippen LogP contribution in [0.15, 0.2) is 18.5 Å². The van der Waals surface area contributed by atoms with E-state index in [9.17, 15) is 4.79 Å². The van der Waals surface area contributed by atoms with Crippen LogP contribution in [0, 0.1) is 5.92 Å². The van der Waals surface area contributed by atoms with Gasteiger partial charge in [-0.15, -0.1) is 0 Å². The van der Waals surface area contributed by atoms with Crippen LogP contribution in [-0.2, 0) is 14.3 Å². The molecule has 0 radical (unpaired) electrons. The molecule has 2 atom stereocenters. The fourth-order valence-electron chi connectivity index (χ4n) is 4.24. The van der Waals surface area contributed by atoms with Gasteiger partial charge in [-0.3, -0.25) is 4.79 Å². The van der Waals surface area contributed by atoms with E-state index >= 15 is 0 Å². The Hall–Kier alpha value is -2.12. The summed E-state index contributed by atoms with van der Waals surface area (Å²) < 4.78 is 21.2. The van der Waals surface area contributed by atoms with Crippen molar-refractivity contribution in [3.05, 3.63) is 24.0 Å². The Kier molecular flexibility index (Phi) is 4.42. The first-order valence-corrected chi connectivity index (χ1v) is 10.9. The molecule has 1 aromatic carbocycles. The summed E-state index contributed by atoms with van der Waals surface area (Å²) >= 11 is 0. The van der Waals surface area contributed by atoms with E-state index in [1.807, 2.05) is 19.3 Å². The van der Waals surface area contributed by atoms with Gasteiger partial charge < -0.3 is 24.1 Å². The molecule has 3 heterocycles. The molecule has 0 spiro atoms. The van der Waals surface area contributed by atoms with Gasteiger partial charge in [-0.1, -0.05) is 0 Å². The molecule has 1 aromatic heterocycles. The number of fused-ring (bicyclic) bond motifs is 1. The number of benzene rings is 1. The molecule has 1 saturated carbocycles. The highest BCUT2D eigenvalue weighted by Gasteiger charge is 2.49. The first-order chi connectivity index (χ1) is 14.1. The molecule has 2 saturated heterocycles. The molecule has 1 N–H and O–H groups in total. The lowest BCUT2D eigenvalue weighted by Gasteiger charge is -2.30. The van der Waals surface area contributed by atoms with Gasteiger partial charge in [-0.25, -0.2) is 4.98 Å². The summed E-state index contributed by atoms with van der Waals surface area (Å²) in [5.41, 5.74) is 1.98. The van der Waals surface area contributed by atoms with Crippen molar-refractivity contribution < 1.29 is 19.0 Å². The zero-order chi connectivity index (χ0) is 21.3. The van der Waals surface area contributed by atoms with Crippen LogP contribution >= 0.6 is 0 Å². The average Bonchev–Trinajstić information content (AvgIpc) is 3.18. The number of carbonyl (C=O) groups excluding carboxylic acids is 1. The van der Waals surface area contributed by atoms with Crippen LogP contribution in [0.1, 0.15) is 71.8 Å². The monoisotopic (exact) mass is 413 g/mol. The van der Waals surface area contributed by atoms with Crippen LogP contribution in [0.2, 0.25) is 0 Å². The van der Waals surface area contributed by atoms with Crippen molar-refractivity contribution in [1.29, 1.82) is 0 Å². The zero-order valence-electron chi connectivity index (χ0n) is 18.4. The second-order valence-corrected chi connectivity index (χ2v) is 9.95. The zero-order valence-corrected chi connectivity index (χ0v) is 18.4. The SMILES string of the molecule is C[C@@H](Oc1cc(C2OC(C)(C)C(C)(C)O2)cc2ncn(C3CC3)c12)[C@H]1CNC(=O)C1. The third-order valence-electron chi connectivity index (χ3n) is 7.11. The quantitative estimate of drug-likeness (QED) is 0.805. The molecule has 1 aliphatic carbocycles. The molecular weight excluding hydrogens is 382 g/mol. The van der Waals surface area contributed by atoms with Crippen molar-refractivity contribution in [2.45, 2.75) is 83.5 Å². The predicted octanol–water partition coefficient (Wildman–Crippen LogP) is 3.88. The van der Waals surface area contributed by atoms with Crippen molar-refractivity contribution >= 4 is 16.9 Å². The molecule has 3 fully saturated rings. The van der Waals surface area contributed by atoms with E-state index in [1.54, 1.807) is 0 Å². The van der Waals surface area contributed by atoms with E-state index in [0.29, 0.717) is 19.0 Å². The Morgan fingerprint density at radius 3 is 2.50 bits per heavy atom. The number of nitrogens with zero attached hydrogens (tertiary/aromatic N) is 2. The number of hydrogen-bond donors (Lipinski definition) is 1. The molecule has 162 valence electrons. The van der Waals surface area contributed by atoms with Crippen LogP contribution in [0.5, 0.6) is 5.75 Å². The van der Waals surface area contributed by atoms with Gasteiger partial charge in [0, 0.05) is 30.5 Å². The Labute approximate surface area is 177 Å². The van der Waals surface area contributed by atoms with Crippen molar-refractivity contribution in [3.8, 4) is 5.75 Å². The van der Waals surface area contributed by atoms with Gasteiger partial charge in [-0.05, 0) is 59.6 Å². The molecule has 5 rings (SSSR count). The van der Waals surface area contributed by atoms with Crippen molar-refractivity contribution in [2.24, 2.45) is 5.92 Å². The second-order valence-electron chi connectivity index (χ2n) is 9.95. The van der Waals surface area contributed by atoms with Crippen LogP contribution in [-0.4, -0.2) is 39.3 Å². The number of imidazole rings is 1. The largest absolute Gasteiger partial charge is 0.488 e. The number of ether oxygens (including phenoxy) is 3. The highest BCUT2D eigenvalue weighted by Crippen LogP contribution is 2.47. The first kappa shape index (κ1) is 19.8. The van der Waals surface area contributed by atoms with Crippen molar-refractivity contribution in [2.75, 3.05) is 6.54 Å². The second kappa shape index (κ2) is 6.69. The Bertz CT molecular complexity index is 976. The number of aromatic nitrogens is 2. The van der Waals surface area contributed by atoms with E-state index < -0.39 is 17.5 Å². The van der Waals surface area contributed by atoms with E-state index in [-0.39, 0.29) is 17.9 Å². The normalized spacial score (nSPS) is 26.8. The maximum atomic E-state index is 11.7. The minimum absolute atomic E-state index is 0.0922. The number of amides is 1. The molecular formula is C23H31N3O4. The topological polar surface area (TPSA) is 74.6 Å². The summed E-state index contributed by atoms with van der Waals surface area (Å²) in [5, 5.41) is 2.91. The van der Waals surface area contributed by atoms with Gasteiger partial charge in [0.25, 0.3) is 0 Å². The lowest BCUT2D eigenvalue weighted by atomic mass is 9.90. The molecule has 1 amide bonds. The van der Waals surface area contributed by atoms with Crippen molar-refractivity contribution in [1.82, 2.24) is 14.9 Å². The van der Waals surface area contributed by atoms with Gasteiger partial charge in [0.05, 0.1) is 23.0 Å². The third kappa shape index (κ3) is 3.28. The Morgan fingerprint density at radius 2 is 1.90 bits per heavy atom. The van der Waals surface area contributed by atoms with E-state index in [4.69, 9.17) is 14.2 Å². The van der Waals surface area contributed by atoms with Gasteiger partial charge in [0.1, 0.15) is 17.4 Å². The maximum Gasteiger partial charge on any atom is 0.220 e. The highest BCUT2D eigenvalue weighted by molar-refractivity contribution is 5.83. The number of nitrogens with one attached hydrogen (secondary N) is 1. The van der Waals surface area contributed by atoms with Crippen LogP contribution in [0.4, 0.5) is 0 Å². The van der Waals surface area contributed by atoms with Crippen molar-refractivity contribution in [3.63, 3.8) is 0 Å². The molecule has 30 heavy (non-hydrogen) atoms. The summed E-state index contributed by atoms with van der Waals surface area (Å²) in [6.45, 7) is 10.9. The fourth-order valence-corrected chi connectivity index (χ4v) is 4.24. The third-order valence-corrected chi connectivity index (χ3v) is 7.11. The van der Waals surface area contributed by atoms with E-state index in [1.165, 1.54) is 12.8 Å². The Balaban J connectivity index is 1.52. The smallest absolute Gasteiger partial charge is 0.220 e. The first-order valence-electron chi connectivity index (χ1n) is 10.9. The molecule has 2 aliphatic heterocycles. The van der Waals surface area contributed by atoms with Crippen LogP contribution < -0.4 is 10.1 Å². The Morgan fingerprint density at radius 1 is 1.20 bits per heavy atom. The van der Waals surface area contributed by atoms with Gasteiger partial charge >= 0.3 is 0 Å². The van der Waals surface area contributed by atoms with Crippen LogP contribution in [0.25, 0.3) is 11.0 Å². The number of hydrogen-bond acceptors (Lipinski definition) is 5. The molecule has 2 aromatic rings. The van der Waals surface area contributed by atoms with Gasteiger partial charge in [0.15, 0.2) is 6.29 Å². The molecule has 0 bridgehead atoms. The minimum atomic E-state index is -0.474. The minimum Gasteiger partial charge on any atom is -0.488 e. The lowest BCUT2D eigenvalue weighted by molar-refractivity contribution is -0.119. The summed E-state index contributed by atoms with van der Waals surface area (Å²) in [5.74, 6) is 1.04. The molecule has 3 aliphatic rings. The summed E-state index contributed by atoms with van der Waals surface area (Å²) in [4.78, 5) is 16.3. The number of carbonyl (C=O) groups is 1. The fraction of sp³-hybridized carbons (Fsp3) is 0.652. The molecule has 7 nitrogen and oxygen atoms in total. The summed E-state index contributed by atoms with van der Waals surface area (Å²) in [6, 6.07) is 4.57. The van der Waals surface area contributed by atoms with Gasteiger partial charge in [-0.2, -0.15) is 0 Å². The standard InChI is InChI=1S/C23H31N3O4/c1-13(15-10-19(27)24-11-15)28-18-9-14(21-29-22(2,3)23(4,5)30-21)8-17-20(18)26(12-25-17)16-6-7-16/h8-9,12-13,15-16,21H,6-7,10-11H2,1-5H3,(H,24,27)/t13-,15-/m1/s1. The molecule has 0 unspecified atom stereocenters. The van der Waals surface area contributed by atoms with Crippen LogP contribution in [0.3, 0.4) is 0 Å². The highest BCUT2D eigenvalue weighted by atomic mass is 16.7. The van der Waals surface area contributed by atoms with E-state index in [0.717, 1.165) is 22.3 Å². The molecule has 7 heteroatoms. The average molecular weight is 414 g/mol.